The molecule has 0 spiro atoms. The highest BCUT2D eigenvalue weighted by atomic mass is 19.1. The summed E-state index contributed by atoms with van der Waals surface area (Å²) in [6, 6.07) is 0.394. The summed E-state index contributed by atoms with van der Waals surface area (Å²) in [5.74, 6) is -2.60. The molecule has 3 heterocycles. The molecule has 1 aromatic carbocycles. The second-order valence-corrected chi connectivity index (χ2v) is 9.08. The van der Waals surface area contributed by atoms with Crippen LogP contribution in [0.25, 0.3) is 6.08 Å². The van der Waals surface area contributed by atoms with Crippen LogP contribution >= 0.6 is 0 Å². The molecule has 1 fully saturated rings. The van der Waals surface area contributed by atoms with Gasteiger partial charge in [-0.05, 0) is 6.42 Å². The van der Waals surface area contributed by atoms with Crippen molar-refractivity contribution in [2.45, 2.75) is 25.6 Å². The molecule has 2 aromatic rings. The summed E-state index contributed by atoms with van der Waals surface area (Å²) in [6.45, 7) is 1.09. The van der Waals surface area contributed by atoms with E-state index in [-0.39, 0.29) is 31.2 Å². The summed E-state index contributed by atoms with van der Waals surface area (Å²) in [5.41, 5.74) is 3.24. The third-order valence-electron chi connectivity index (χ3n) is 6.86. The third kappa shape index (κ3) is 4.05. The zero-order valence-electron chi connectivity index (χ0n) is 20.1. The molecule has 1 aliphatic carbocycles. The number of likely N-dealkylation sites (tertiary alicyclic amines) is 1. The third-order valence-corrected chi connectivity index (χ3v) is 6.86. The van der Waals surface area contributed by atoms with Crippen molar-refractivity contribution in [2.75, 3.05) is 56.8 Å². The highest BCUT2D eigenvalue weighted by Gasteiger charge is 2.38. The van der Waals surface area contributed by atoms with E-state index in [9.17, 15) is 14.3 Å². The van der Waals surface area contributed by atoms with Gasteiger partial charge < -0.3 is 14.6 Å². The molecule has 1 N–H and O–H groups in total. The Morgan fingerprint density at radius 3 is 2.42 bits per heavy atom. The molecule has 11 heteroatoms. The maximum Gasteiger partial charge on any atom is 0.329 e. The van der Waals surface area contributed by atoms with E-state index in [4.69, 9.17) is 9.47 Å². The molecule has 0 saturated carbocycles. The molecule has 1 aromatic heterocycles. The minimum atomic E-state index is -1.03. The van der Waals surface area contributed by atoms with Crippen LogP contribution in [0.3, 0.4) is 0 Å². The zero-order chi connectivity index (χ0) is 25.6. The number of alkyl halides is 1. The largest absolute Gasteiger partial charge is 0.493 e. The molecule has 2 aliphatic heterocycles. The number of aliphatic hydroxyl groups excluding tert-OH is 1. The molecular weight excluding hydrogens is 477 g/mol. The van der Waals surface area contributed by atoms with E-state index in [1.165, 1.54) is 19.1 Å². The van der Waals surface area contributed by atoms with Gasteiger partial charge in [-0.1, -0.05) is 11.6 Å². The highest BCUT2D eigenvalue weighted by molar-refractivity contribution is 6.08. The van der Waals surface area contributed by atoms with Gasteiger partial charge in [0, 0.05) is 49.4 Å². The molecule has 0 bridgehead atoms. The first kappa shape index (κ1) is 24.4. The van der Waals surface area contributed by atoms with Crippen molar-refractivity contribution in [2.24, 2.45) is 0 Å². The van der Waals surface area contributed by atoms with Crippen molar-refractivity contribution < 1.29 is 32.5 Å². The lowest BCUT2D eigenvalue weighted by Crippen LogP contribution is -2.49. The van der Waals surface area contributed by atoms with Crippen LogP contribution in [0.1, 0.15) is 23.2 Å². The van der Waals surface area contributed by atoms with Crippen LogP contribution in [0.2, 0.25) is 0 Å². The van der Waals surface area contributed by atoms with E-state index < -0.39 is 29.5 Å². The van der Waals surface area contributed by atoms with Gasteiger partial charge in [-0.15, -0.1) is 0 Å². The molecule has 192 valence electrons. The lowest BCUT2D eigenvalue weighted by molar-refractivity contribution is 0.0670. The van der Waals surface area contributed by atoms with Crippen molar-refractivity contribution in [1.29, 1.82) is 0 Å². The Morgan fingerprint density at radius 2 is 1.81 bits per heavy atom. The Kier molecular flexibility index (Phi) is 6.52. The van der Waals surface area contributed by atoms with Crippen molar-refractivity contribution >= 4 is 23.5 Å². The Hall–Kier alpha value is -3.31. The van der Waals surface area contributed by atoms with Gasteiger partial charge in [-0.2, -0.15) is 0 Å². The molecule has 3 aliphatic rings. The quantitative estimate of drug-likeness (QED) is 0.595. The topological polar surface area (TPSA) is 78.4 Å². The number of benzene rings is 1. The lowest BCUT2D eigenvalue weighted by Gasteiger charge is -2.38. The molecular formula is C25H27F3N4O4. The average molecular weight is 505 g/mol. The normalized spacial score (nSPS) is 17.6. The number of carbonyl (C=O) groups excluding carboxylic acids is 1. The van der Waals surface area contributed by atoms with E-state index in [2.05, 4.69) is 4.98 Å². The van der Waals surface area contributed by atoms with E-state index in [0.717, 1.165) is 40.8 Å². The van der Waals surface area contributed by atoms with Gasteiger partial charge >= 0.3 is 6.03 Å². The number of hydrogen-bond acceptors (Lipinski definition) is 6. The number of β-amino-alcohol motifs (C(OH)–C–C–N with tert-alkyl or cyclic N) is 1. The number of hydrogen-bond donors (Lipinski definition) is 1. The molecule has 0 unspecified atom stereocenters. The summed E-state index contributed by atoms with van der Waals surface area (Å²) in [6.07, 6.45) is 4.19. The number of methoxy groups -OCH3 is 2. The molecule has 1 saturated heterocycles. The van der Waals surface area contributed by atoms with Crippen molar-refractivity contribution in [1.82, 2.24) is 9.88 Å². The second kappa shape index (κ2) is 9.62. The van der Waals surface area contributed by atoms with Gasteiger partial charge in [0.15, 0.2) is 23.1 Å². The predicted octanol–water partition coefficient (Wildman–Crippen LogP) is 3.30. The number of rotatable bonds is 8. The molecule has 0 atom stereocenters. The fourth-order valence-electron chi connectivity index (χ4n) is 5.02. The average Bonchev–Trinajstić information content (AvgIpc) is 3.27. The fourth-order valence-corrected chi connectivity index (χ4v) is 5.02. The molecule has 8 nitrogen and oxygen atoms in total. The van der Waals surface area contributed by atoms with E-state index in [1.54, 1.807) is 6.20 Å². The van der Waals surface area contributed by atoms with E-state index in [1.807, 2.05) is 11.0 Å². The summed E-state index contributed by atoms with van der Waals surface area (Å²) in [4.78, 5) is 22.5. The molecule has 36 heavy (non-hydrogen) atoms. The standard InChI is InChI=1S/C25H27F3N4O4/c1-35-19-9-20(36-2)22(28)24(21(19)27)32-11-15-10-29-18-8-14(3-4-30-12-16(26)13-30)7-17(18)23(15)31(5-6-33)25(32)34/h7,9-10,16,33H,3-6,8,11-13H2,1-2H3. The summed E-state index contributed by atoms with van der Waals surface area (Å²) < 4.78 is 53.7. The highest BCUT2D eigenvalue weighted by Crippen LogP contribution is 2.43. The van der Waals surface area contributed by atoms with Crippen LogP contribution in [-0.2, 0) is 13.0 Å². The number of nitrogens with zero attached hydrogens (tertiary/aromatic N) is 4. The van der Waals surface area contributed by atoms with Gasteiger partial charge in [0.25, 0.3) is 0 Å². The first-order valence-corrected chi connectivity index (χ1v) is 11.7. The van der Waals surface area contributed by atoms with Gasteiger partial charge in [0.05, 0.1) is 45.3 Å². The Bertz CT molecular complexity index is 1200. The summed E-state index contributed by atoms with van der Waals surface area (Å²) in [7, 11) is 2.47. The first-order valence-electron chi connectivity index (χ1n) is 11.7. The lowest BCUT2D eigenvalue weighted by atomic mass is 10.0. The SMILES string of the molecule is COc1cc(OC)c(F)c(N2Cc3cnc4c(c3N(CCO)C2=O)C=C(CCN2CC(F)C2)C4)c1F. The molecule has 5 rings (SSSR count). The zero-order valence-corrected chi connectivity index (χ0v) is 20.1. The van der Waals surface area contributed by atoms with Crippen LogP contribution in [0.5, 0.6) is 11.5 Å². The van der Waals surface area contributed by atoms with Gasteiger partial charge in [-0.3, -0.25) is 19.7 Å². The minimum absolute atomic E-state index is 0.0715. The number of aromatic nitrogens is 1. The van der Waals surface area contributed by atoms with E-state index in [0.29, 0.717) is 30.8 Å². The monoisotopic (exact) mass is 504 g/mol. The Labute approximate surface area is 206 Å². The predicted molar refractivity (Wildman–Crippen MR) is 127 cm³/mol. The number of pyridine rings is 1. The number of anilines is 2. The maximum atomic E-state index is 15.2. The van der Waals surface area contributed by atoms with Crippen LogP contribution < -0.4 is 19.3 Å². The Balaban J connectivity index is 1.52. The van der Waals surface area contributed by atoms with Crippen LogP contribution in [0, 0.1) is 11.6 Å². The molecule has 0 radical (unpaired) electrons. The number of ether oxygens (including phenoxy) is 2. The smallest absolute Gasteiger partial charge is 0.329 e. The summed E-state index contributed by atoms with van der Waals surface area (Å²) >= 11 is 0. The maximum absolute atomic E-state index is 15.2. The number of carbonyl (C=O) groups is 1. The van der Waals surface area contributed by atoms with Crippen LogP contribution in [0.15, 0.2) is 17.8 Å². The first-order chi connectivity index (χ1) is 17.4. The number of aliphatic hydroxyl groups is 1. The number of urea groups is 1. The Morgan fingerprint density at radius 1 is 1.11 bits per heavy atom. The number of fused-ring (bicyclic) bond motifs is 3. The number of amides is 2. The van der Waals surface area contributed by atoms with Crippen LogP contribution in [-0.4, -0.2) is 74.2 Å². The van der Waals surface area contributed by atoms with E-state index >= 15 is 8.78 Å². The van der Waals surface area contributed by atoms with Crippen LogP contribution in [0.4, 0.5) is 29.3 Å². The fraction of sp³-hybridized carbons (Fsp3) is 0.440. The molecule has 2 amide bonds. The van der Waals surface area contributed by atoms with Crippen molar-refractivity contribution in [3.8, 4) is 11.5 Å². The second-order valence-electron chi connectivity index (χ2n) is 9.08. The van der Waals surface area contributed by atoms with Crippen molar-refractivity contribution in [3.63, 3.8) is 0 Å². The minimum Gasteiger partial charge on any atom is -0.493 e. The van der Waals surface area contributed by atoms with Gasteiger partial charge in [0.2, 0.25) is 0 Å². The van der Waals surface area contributed by atoms with Gasteiger partial charge in [0.1, 0.15) is 11.9 Å². The number of halogens is 3. The summed E-state index contributed by atoms with van der Waals surface area (Å²) in [5, 5.41) is 9.73. The van der Waals surface area contributed by atoms with Gasteiger partial charge in [-0.25, -0.2) is 18.0 Å². The van der Waals surface area contributed by atoms with Crippen molar-refractivity contribution in [3.05, 3.63) is 46.3 Å².